The molecule has 0 aliphatic heterocycles. The van der Waals surface area contributed by atoms with Gasteiger partial charge >= 0.3 is 6.09 Å². The van der Waals surface area contributed by atoms with Crippen LogP contribution in [0.1, 0.15) is 5.69 Å². The molecule has 0 aliphatic rings. The standard InChI is InChI=1S/C16H12N6O3/c23-16(24)22-4-3-11-5-13(1-2-14(11)22)25-15-6-12(18-9-19-15)7-21-10-17-8-20-21/h1-6,8-10H,7H2,(H,23,24). The Morgan fingerprint density at radius 3 is 2.88 bits per heavy atom. The van der Waals surface area contributed by atoms with Gasteiger partial charge in [-0.1, -0.05) is 0 Å². The molecular formula is C16H12N6O3. The second-order valence-electron chi connectivity index (χ2n) is 5.23. The number of ether oxygens (including phenoxy) is 1. The van der Waals surface area contributed by atoms with E-state index in [2.05, 4.69) is 20.1 Å². The summed E-state index contributed by atoms with van der Waals surface area (Å²) in [6.07, 6.45) is 4.94. The molecule has 0 bridgehead atoms. The van der Waals surface area contributed by atoms with E-state index >= 15 is 0 Å². The van der Waals surface area contributed by atoms with E-state index in [9.17, 15) is 4.79 Å². The summed E-state index contributed by atoms with van der Waals surface area (Å²) in [4.78, 5) is 23.3. The van der Waals surface area contributed by atoms with Crippen molar-refractivity contribution in [2.45, 2.75) is 6.54 Å². The molecule has 0 aliphatic carbocycles. The molecule has 1 aromatic carbocycles. The van der Waals surface area contributed by atoms with E-state index in [4.69, 9.17) is 9.84 Å². The molecule has 1 N–H and O–H groups in total. The normalized spacial score (nSPS) is 10.9. The lowest BCUT2D eigenvalue weighted by atomic mass is 10.2. The summed E-state index contributed by atoms with van der Waals surface area (Å²) in [6.45, 7) is 0.458. The fourth-order valence-corrected chi connectivity index (χ4v) is 2.47. The number of rotatable bonds is 4. The van der Waals surface area contributed by atoms with Gasteiger partial charge in [-0.05, 0) is 24.3 Å². The lowest BCUT2D eigenvalue weighted by molar-refractivity contribution is 0.197. The van der Waals surface area contributed by atoms with E-state index in [1.54, 1.807) is 41.3 Å². The maximum Gasteiger partial charge on any atom is 0.415 e. The number of carboxylic acid groups (broad SMARTS) is 1. The number of fused-ring (bicyclic) bond motifs is 1. The number of carbonyl (C=O) groups is 1. The minimum atomic E-state index is -1.03. The van der Waals surface area contributed by atoms with E-state index in [1.807, 2.05) is 0 Å². The molecule has 124 valence electrons. The van der Waals surface area contributed by atoms with Gasteiger partial charge in [-0.2, -0.15) is 5.10 Å². The smallest absolute Gasteiger partial charge is 0.415 e. The molecule has 4 aromatic rings. The van der Waals surface area contributed by atoms with Gasteiger partial charge in [0.2, 0.25) is 5.88 Å². The van der Waals surface area contributed by atoms with E-state index in [-0.39, 0.29) is 0 Å². The molecule has 0 unspecified atom stereocenters. The largest absolute Gasteiger partial charge is 0.464 e. The highest BCUT2D eigenvalue weighted by Gasteiger charge is 2.09. The van der Waals surface area contributed by atoms with Gasteiger partial charge in [0, 0.05) is 17.6 Å². The zero-order valence-corrected chi connectivity index (χ0v) is 12.9. The average Bonchev–Trinajstić information content (AvgIpc) is 3.24. The number of nitrogens with zero attached hydrogens (tertiary/aromatic N) is 6. The Balaban J connectivity index is 1.57. The van der Waals surface area contributed by atoms with Crippen molar-refractivity contribution in [2.75, 3.05) is 0 Å². The Morgan fingerprint density at radius 2 is 2.08 bits per heavy atom. The van der Waals surface area contributed by atoms with Gasteiger partial charge in [-0.15, -0.1) is 0 Å². The monoisotopic (exact) mass is 336 g/mol. The molecule has 0 fully saturated rings. The van der Waals surface area contributed by atoms with Crippen LogP contribution in [-0.4, -0.2) is 40.5 Å². The highest BCUT2D eigenvalue weighted by atomic mass is 16.5. The van der Waals surface area contributed by atoms with Crippen molar-refractivity contribution >= 4 is 17.0 Å². The fraction of sp³-hybridized carbons (Fsp3) is 0.0625. The molecule has 0 radical (unpaired) electrons. The third-order valence-corrected chi connectivity index (χ3v) is 3.58. The highest BCUT2D eigenvalue weighted by Crippen LogP contribution is 2.25. The number of aromatic nitrogens is 6. The first-order chi connectivity index (χ1) is 12.2. The summed E-state index contributed by atoms with van der Waals surface area (Å²) in [6, 6.07) is 8.58. The van der Waals surface area contributed by atoms with Gasteiger partial charge < -0.3 is 9.84 Å². The van der Waals surface area contributed by atoms with E-state index < -0.39 is 6.09 Å². The molecule has 9 nitrogen and oxygen atoms in total. The number of hydrogen-bond acceptors (Lipinski definition) is 6. The van der Waals surface area contributed by atoms with Crippen LogP contribution in [0.4, 0.5) is 4.79 Å². The summed E-state index contributed by atoms with van der Waals surface area (Å²) >= 11 is 0. The summed E-state index contributed by atoms with van der Waals surface area (Å²) in [5, 5.41) is 13.9. The Kier molecular flexibility index (Phi) is 3.58. The molecule has 9 heteroatoms. The Bertz CT molecular complexity index is 1040. The molecule has 0 spiro atoms. The van der Waals surface area contributed by atoms with Gasteiger partial charge in [0.05, 0.1) is 17.8 Å². The predicted molar refractivity (Wildman–Crippen MR) is 86.6 cm³/mol. The number of benzene rings is 1. The van der Waals surface area contributed by atoms with Crippen LogP contribution >= 0.6 is 0 Å². The zero-order valence-electron chi connectivity index (χ0n) is 12.9. The Hall–Kier alpha value is -3.75. The lowest BCUT2D eigenvalue weighted by Crippen LogP contribution is -2.05. The maximum atomic E-state index is 11.1. The Morgan fingerprint density at radius 1 is 1.16 bits per heavy atom. The van der Waals surface area contributed by atoms with E-state index in [0.29, 0.717) is 23.7 Å². The van der Waals surface area contributed by atoms with Gasteiger partial charge in [0.15, 0.2) is 0 Å². The third kappa shape index (κ3) is 3.02. The minimum absolute atomic E-state index is 0.391. The van der Waals surface area contributed by atoms with Crippen molar-refractivity contribution in [3.05, 3.63) is 61.2 Å². The molecule has 0 saturated carbocycles. The van der Waals surface area contributed by atoms with Crippen LogP contribution in [0.5, 0.6) is 11.6 Å². The average molecular weight is 336 g/mol. The van der Waals surface area contributed by atoms with Crippen molar-refractivity contribution < 1.29 is 14.6 Å². The van der Waals surface area contributed by atoms with Gasteiger partial charge in [0.25, 0.3) is 0 Å². The summed E-state index contributed by atoms with van der Waals surface area (Å²) in [5.41, 5.74) is 1.32. The summed E-state index contributed by atoms with van der Waals surface area (Å²) < 4.78 is 8.56. The van der Waals surface area contributed by atoms with Gasteiger partial charge in [-0.25, -0.2) is 24.4 Å². The molecule has 0 amide bonds. The molecule has 3 heterocycles. The van der Waals surface area contributed by atoms with Crippen molar-refractivity contribution in [1.29, 1.82) is 0 Å². The first kappa shape index (κ1) is 14.8. The van der Waals surface area contributed by atoms with Crippen molar-refractivity contribution in [3.63, 3.8) is 0 Å². The van der Waals surface area contributed by atoms with Gasteiger partial charge in [-0.3, -0.25) is 4.57 Å². The fourth-order valence-electron chi connectivity index (χ4n) is 2.47. The SMILES string of the molecule is O=C(O)n1ccc2cc(Oc3cc(Cn4cncn4)ncn3)ccc21. The van der Waals surface area contributed by atoms with Crippen LogP contribution in [0.15, 0.2) is 55.5 Å². The Labute approximate surface area is 141 Å². The van der Waals surface area contributed by atoms with Crippen LogP contribution in [0.3, 0.4) is 0 Å². The van der Waals surface area contributed by atoms with Crippen molar-refractivity contribution in [3.8, 4) is 11.6 Å². The van der Waals surface area contributed by atoms with Crippen molar-refractivity contribution in [1.82, 2.24) is 29.3 Å². The van der Waals surface area contributed by atoms with E-state index in [0.717, 1.165) is 15.6 Å². The molecule has 4 rings (SSSR count). The van der Waals surface area contributed by atoms with Crippen LogP contribution in [0.25, 0.3) is 10.9 Å². The van der Waals surface area contributed by atoms with E-state index in [1.165, 1.54) is 18.9 Å². The highest BCUT2D eigenvalue weighted by molar-refractivity contribution is 5.89. The minimum Gasteiger partial charge on any atom is -0.464 e. The topological polar surface area (TPSA) is 108 Å². The van der Waals surface area contributed by atoms with Crippen molar-refractivity contribution in [2.24, 2.45) is 0 Å². The zero-order chi connectivity index (χ0) is 17.2. The maximum absolute atomic E-state index is 11.1. The first-order valence-corrected chi connectivity index (χ1v) is 7.34. The lowest BCUT2D eigenvalue weighted by Gasteiger charge is -2.07. The molecule has 0 atom stereocenters. The third-order valence-electron chi connectivity index (χ3n) is 3.58. The van der Waals surface area contributed by atoms with Crippen LogP contribution < -0.4 is 4.74 Å². The first-order valence-electron chi connectivity index (χ1n) is 7.34. The molecule has 3 aromatic heterocycles. The molecule has 0 saturated heterocycles. The second-order valence-corrected chi connectivity index (χ2v) is 5.23. The quantitative estimate of drug-likeness (QED) is 0.609. The van der Waals surface area contributed by atoms with Crippen LogP contribution in [0, 0.1) is 0 Å². The second kappa shape index (κ2) is 6.04. The summed E-state index contributed by atoms with van der Waals surface area (Å²) in [5.74, 6) is 0.947. The summed E-state index contributed by atoms with van der Waals surface area (Å²) in [7, 11) is 0. The predicted octanol–water partition coefficient (Wildman–Crippen LogP) is 2.39. The molecular weight excluding hydrogens is 324 g/mol. The van der Waals surface area contributed by atoms with Crippen LogP contribution in [-0.2, 0) is 6.54 Å². The number of hydrogen-bond donors (Lipinski definition) is 1. The van der Waals surface area contributed by atoms with Crippen LogP contribution in [0.2, 0.25) is 0 Å². The molecule has 25 heavy (non-hydrogen) atoms. The van der Waals surface area contributed by atoms with Gasteiger partial charge in [0.1, 0.15) is 24.7 Å².